The van der Waals surface area contributed by atoms with Gasteiger partial charge in [-0.1, -0.05) is 0 Å². The molecule has 0 aromatic heterocycles. The van der Waals surface area contributed by atoms with Crippen LogP contribution in [0.25, 0.3) is 0 Å². The smallest absolute Gasteiger partial charge is 0.233 e. The molecule has 1 aromatic carbocycles. The van der Waals surface area contributed by atoms with Crippen LogP contribution >= 0.6 is 11.8 Å². The van der Waals surface area contributed by atoms with Crippen molar-refractivity contribution < 1.29 is 14.3 Å². The number of piperazine rings is 1. The van der Waals surface area contributed by atoms with E-state index in [-0.39, 0.29) is 11.2 Å². The zero-order valence-corrected chi connectivity index (χ0v) is 17.1. The number of ether oxygens (including phenoxy) is 2. The first kappa shape index (κ1) is 20.9. The van der Waals surface area contributed by atoms with Gasteiger partial charge in [-0.25, -0.2) is 0 Å². The first-order valence-corrected chi connectivity index (χ1v) is 9.98. The van der Waals surface area contributed by atoms with Crippen molar-refractivity contribution in [2.75, 3.05) is 60.5 Å². The van der Waals surface area contributed by atoms with Crippen molar-refractivity contribution in [2.45, 2.75) is 23.5 Å². The standard InChI is InChI=1S/C19H31N3O3S/c1-15(26-16-6-7-17(24-3)18(14-16)25-4)19(23)20-8-5-9-22-12-10-21(2)11-13-22/h6-7,14-15H,5,8-13H2,1-4H3,(H,20,23)/t15-/m0/s1. The highest BCUT2D eigenvalue weighted by atomic mass is 32.2. The summed E-state index contributed by atoms with van der Waals surface area (Å²) in [5, 5.41) is 2.89. The quantitative estimate of drug-likeness (QED) is 0.521. The number of carbonyl (C=O) groups is 1. The third kappa shape index (κ3) is 6.37. The Balaban J connectivity index is 1.70. The fraction of sp³-hybridized carbons (Fsp3) is 0.632. The van der Waals surface area contributed by atoms with Crippen LogP contribution in [0.2, 0.25) is 0 Å². The van der Waals surface area contributed by atoms with Crippen LogP contribution in [0.5, 0.6) is 11.5 Å². The van der Waals surface area contributed by atoms with E-state index < -0.39 is 0 Å². The zero-order chi connectivity index (χ0) is 18.9. The molecule has 1 saturated heterocycles. The van der Waals surface area contributed by atoms with Gasteiger partial charge in [-0.05, 0) is 45.1 Å². The van der Waals surface area contributed by atoms with E-state index in [4.69, 9.17) is 9.47 Å². The number of thioether (sulfide) groups is 1. The predicted molar refractivity (Wildman–Crippen MR) is 106 cm³/mol. The molecular formula is C19H31N3O3S. The number of carbonyl (C=O) groups excluding carboxylic acids is 1. The predicted octanol–water partition coefficient (Wildman–Crippen LogP) is 1.94. The maximum absolute atomic E-state index is 12.3. The Morgan fingerprint density at radius 2 is 1.88 bits per heavy atom. The van der Waals surface area contributed by atoms with Crippen LogP contribution < -0.4 is 14.8 Å². The first-order valence-electron chi connectivity index (χ1n) is 9.10. The SMILES string of the molecule is COc1ccc(S[C@@H](C)C(=O)NCCCN2CCN(C)CC2)cc1OC. The molecule has 1 aliphatic rings. The lowest BCUT2D eigenvalue weighted by atomic mass is 10.3. The summed E-state index contributed by atoms with van der Waals surface area (Å²) in [4.78, 5) is 18.1. The Morgan fingerprint density at radius 1 is 1.19 bits per heavy atom. The summed E-state index contributed by atoms with van der Waals surface area (Å²) in [7, 11) is 5.39. The fourth-order valence-corrected chi connectivity index (χ4v) is 3.80. The largest absolute Gasteiger partial charge is 0.493 e. The van der Waals surface area contributed by atoms with Gasteiger partial charge < -0.3 is 24.6 Å². The maximum atomic E-state index is 12.3. The molecule has 1 heterocycles. The van der Waals surface area contributed by atoms with E-state index in [1.165, 1.54) is 11.8 Å². The first-order chi connectivity index (χ1) is 12.5. The van der Waals surface area contributed by atoms with Gasteiger partial charge in [0.1, 0.15) is 0 Å². The van der Waals surface area contributed by atoms with Crippen molar-refractivity contribution in [2.24, 2.45) is 0 Å². The topological polar surface area (TPSA) is 54.0 Å². The lowest BCUT2D eigenvalue weighted by Gasteiger charge is -2.32. The summed E-state index contributed by atoms with van der Waals surface area (Å²) < 4.78 is 10.6. The molecule has 0 bridgehead atoms. The minimum absolute atomic E-state index is 0.0724. The van der Waals surface area contributed by atoms with Crippen LogP contribution in [0.4, 0.5) is 0 Å². The second-order valence-electron chi connectivity index (χ2n) is 6.57. The molecule has 6 nitrogen and oxygen atoms in total. The van der Waals surface area contributed by atoms with E-state index >= 15 is 0 Å². The number of rotatable bonds is 9. The van der Waals surface area contributed by atoms with Gasteiger partial charge in [0, 0.05) is 37.6 Å². The molecule has 1 aromatic rings. The van der Waals surface area contributed by atoms with Gasteiger partial charge in [-0.3, -0.25) is 4.79 Å². The summed E-state index contributed by atoms with van der Waals surface area (Å²) in [6, 6.07) is 5.71. The molecule has 1 amide bonds. The fourth-order valence-electron chi connectivity index (χ4n) is 2.88. The van der Waals surface area contributed by atoms with Crippen LogP contribution in [0.3, 0.4) is 0 Å². The summed E-state index contributed by atoms with van der Waals surface area (Å²) in [6.45, 7) is 8.20. The van der Waals surface area contributed by atoms with E-state index in [9.17, 15) is 4.79 Å². The second-order valence-corrected chi connectivity index (χ2v) is 7.98. The average molecular weight is 382 g/mol. The monoisotopic (exact) mass is 381 g/mol. The molecule has 26 heavy (non-hydrogen) atoms. The van der Waals surface area contributed by atoms with Crippen molar-refractivity contribution >= 4 is 17.7 Å². The van der Waals surface area contributed by atoms with Crippen molar-refractivity contribution in [1.29, 1.82) is 0 Å². The molecule has 0 unspecified atom stereocenters. The molecule has 1 N–H and O–H groups in total. The Bertz CT molecular complexity index is 577. The van der Waals surface area contributed by atoms with Crippen LogP contribution in [-0.4, -0.2) is 81.5 Å². The van der Waals surface area contributed by atoms with Crippen molar-refractivity contribution in [1.82, 2.24) is 15.1 Å². The Kier molecular flexibility index (Phi) is 8.54. The van der Waals surface area contributed by atoms with E-state index in [0.29, 0.717) is 11.5 Å². The molecule has 0 aliphatic carbocycles. The summed E-state index contributed by atoms with van der Waals surface area (Å²) in [6.07, 6.45) is 0.989. The normalized spacial score (nSPS) is 16.9. The minimum Gasteiger partial charge on any atom is -0.493 e. The van der Waals surface area contributed by atoms with Gasteiger partial charge in [0.05, 0.1) is 19.5 Å². The van der Waals surface area contributed by atoms with Gasteiger partial charge in [0.15, 0.2) is 11.5 Å². The van der Waals surface area contributed by atoms with Crippen molar-refractivity contribution in [3.8, 4) is 11.5 Å². The van der Waals surface area contributed by atoms with Crippen LogP contribution in [0, 0.1) is 0 Å². The molecule has 146 valence electrons. The van der Waals surface area contributed by atoms with Gasteiger partial charge in [0.2, 0.25) is 5.91 Å². The van der Waals surface area contributed by atoms with Crippen molar-refractivity contribution in [3.05, 3.63) is 18.2 Å². The van der Waals surface area contributed by atoms with E-state index in [2.05, 4.69) is 22.2 Å². The molecule has 2 rings (SSSR count). The third-order valence-corrected chi connectivity index (χ3v) is 5.68. The number of hydrogen-bond acceptors (Lipinski definition) is 6. The maximum Gasteiger partial charge on any atom is 0.233 e. The molecule has 7 heteroatoms. The number of hydrogen-bond donors (Lipinski definition) is 1. The highest BCUT2D eigenvalue weighted by Gasteiger charge is 2.16. The van der Waals surface area contributed by atoms with Crippen LogP contribution in [0.1, 0.15) is 13.3 Å². The highest BCUT2D eigenvalue weighted by molar-refractivity contribution is 8.00. The average Bonchev–Trinajstić information content (AvgIpc) is 2.66. The number of nitrogens with zero attached hydrogens (tertiary/aromatic N) is 2. The summed E-state index contributed by atoms with van der Waals surface area (Å²) in [5.74, 6) is 1.44. The Morgan fingerprint density at radius 3 is 2.54 bits per heavy atom. The second kappa shape index (κ2) is 10.6. The highest BCUT2D eigenvalue weighted by Crippen LogP contribution is 2.33. The van der Waals surface area contributed by atoms with Crippen molar-refractivity contribution in [3.63, 3.8) is 0 Å². The van der Waals surface area contributed by atoms with Crippen LogP contribution in [0.15, 0.2) is 23.1 Å². The molecule has 0 saturated carbocycles. The molecule has 0 spiro atoms. The molecule has 0 radical (unpaired) electrons. The number of benzene rings is 1. The molecule has 1 fully saturated rings. The van der Waals surface area contributed by atoms with Crippen LogP contribution in [-0.2, 0) is 4.79 Å². The molecule has 1 atom stereocenters. The zero-order valence-electron chi connectivity index (χ0n) is 16.3. The number of amides is 1. The van der Waals surface area contributed by atoms with Gasteiger partial charge >= 0.3 is 0 Å². The number of nitrogens with one attached hydrogen (secondary N) is 1. The lowest BCUT2D eigenvalue weighted by molar-refractivity contribution is -0.120. The Labute approximate surface area is 161 Å². The van der Waals surface area contributed by atoms with E-state index in [1.807, 2.05) is 25.1 Å². The number of methoxy groups -OCH3 is 2. The van der Waals surface area contributed by atoms with Gasteiger partial charge in [-0.15, -0.1) is 11.8 Å². The molecular weight excluding hydrogens is 350 g/mol. The third-order valence-electron chi connectivity index (χ3n) is 4.58. The van der Waals surface area contributed by atoms with E-state index in [0.717, 1.165) is 50.6 Å². The van der Waals surface area contributed by atoms with Gasteiger partial charge in [0.25, 0.3) is 0 Å². The van der Waals surface area contributed by atoms with Gasteiger partial charge in [-0.2, -0.15) is 0 Å². The number of likely N-dealkylation sites (N-methyl/N-ethyl adjacent to an activating group) is 1. The van der Waals surface area contributed by atoms with E-state index in [1.54, 1.807) is 14.2 Å². The summed E-state index contributed by atoms with van der Waals surface area (Å²) in [5.41, 5.74) is 0. The summed E-state index contributed by atoms with van der Waals surface area (Å²) >= 11 is 1.52. The molecule has 1 aliphatic heterocycles. The lowest BCUT2D eigenvalue weighted by Crippen LogP contribution is -2.45. The minimum atomic E-state index is -0.156. The Hall–Kier alpha value is -1.44.